The molecule has 1 rings (SSSR count). The van der Waals surface area contributed by atoms with Gasteiger partial charge in [-0.05, 0) is 25.2 Å². The van der Waals surface area contributed by atoms with Gasteiger partial charge in [0.15, 0.2) is 0 Å². The second-order valence-electron chi connectivity index (χ2n) is 5.36. The molecule has 1 heterocycles. The molecule has 1 fully saturated rings. The smallest absolute Gasteiger partial charge is 0.317 e. The van der Waals surface area contributed by atoms with E-state index in [0.29, 0.717) is 26.2 Å². The van der Waals surface area contributed by atoms with Crippen LogP contribution in [0.3, 0.4) is 0 Å². The zero-order valence-electron chi connectivity index (χ0n) is 12.6. The van der Waals surface area contributed by atoms with E-state index >= 15 is 0 Å². The number of carboxylic acids is 1. The van der Waals surface area contributed by atoms with Crippen LogP contribution in [-0.2, 0) is 9.59 Å². The molecule has 120 valence electrons. The number of aliphatic carboxylic acids is 1. The molecule has 7 heteroatoms. The molecule has 3 N–H and O–H groups in total. The van der Waals surface area contributed by atoms with Crippen molar-refractivity contribution in [2.75, 3.05) is 26.2 Å². The van der Waals surface area contributed by atoms with Crippen LogP contribution in [0.15, 0.2) is 0 Å². The summed E-state index contributed by atoms with van der Waals surface area (Å²) in [5, 5.41) is 14.2. The Hall–Kier alpha value is -1.79. The number of hydrogen-bond acceptors (Lipinski definition) is 3. The summed E-state index contributed by atoms with van der Waals surface area (Å²) in [5.41, 5.74) is 0. The fourth-order valence-corrected chi connectivity index (χ4v) is 2.33. The molecule has 0 atom stereocenters. The van der Waals surface area contributed by atoms with Crippen LogP contribution < -0.4 is 10.6 Å². The first-order valence-electron chi connectivity index (χ1n) is 7.54. The number of nitrogens with one attached hydrogen (secondary N) is 2. The second-order valence-corrected chi connectivity index (χ2v) is 5.36. The minimum absolute atomic E-state index is 0.0580. The van der Waals surface area contributed by atoms with Crippen LogP contribution in [-0.4, -0.2) is 54.1 Å². The van der Waals surface area contributed by atoms with Crippen LogP contribution in [0.2, 0.25) is 0 Å². The highest BCUT2D eigenvalue weighted by atomic mass is 16.4. The number of piperidine rings is 1. The SMILES string of the molecule is CCCNC(=O)CCNC(=O)N1CCC(CC(=O)O)CC1. The van der Waals surface area contributed by atoms with Gasteiger partial charge in [-0.2, -0.15) is 0 Å². The monoisotopic (exact) mass is 299 g/mol. The quantitative estimate of drug-likeness (QED) is 0.647. The molecule has 0 bridgehead atoms. The molecule has 1 saturated heterocycles. The maximum absolute atomic E-state index is 11.9. The number of likely N-dealkylation sites (tertiary alicyclic amines) is 1. The van der Waals surface area contributed by atoms with Crippen LogP contribution in [0.5, 0.6) is 0 Å². The van der Waals surface area contributed by atoms with Crippen molar-refractivity contribution >= 4 is 17.9 Å². The number of carbonyl (C=O) groups is 3. The van der Waals surface area contributed by atoms with Crippen molar-refractivity contribution in [1.82, 2.24) is 15.5 Å². The Morgan fingerprint density at radius 2 is 1.81 bits per heavy atom. The fraction of sp³-hybridized carbons (Fsp3) is 0.786. The van der Waals surface area contributed by atoms with Gasteiger partial charge in [0.25, 0.3) is 0 Å². The summed E-state index contributed by atoms with van der Waals surface area (Å²) in [6.07, 6.45) is 2.78. The molecule has 0 saturated carbocycles. The maximum atomic E-state index is 11.9. The number of carboxylic acid groups (broad SMARTS) is 1. The molecule has 0 aromatic carbocycles. The molecule has 21 heavy (non-hydrogen) atoms. The predicted octanol–water partition coefficient (Wildman–Crippen LogP) is 0.799. The molecule has 0 unspecified atom stereocenters. The Labute approximate surface area is 125 Å². The van der Waals surface area contributed by atoms with Gasteiger partial charge in [-0.3, -0.25) is 9.59 Å². The van der Waals surface area contributed by atoms with Gasteiger partial charge >= 0.3 is 12.0 Å². The minimum Gasteiger partial charge on any atom is -0.481 e. The highest BCUT2D eigenvalue weighted by molar-refractivity contribution is 5.78. The summed E-state index contributed by atoms with van der Waals surface area (Å²) in [6, 6.07) is -0.174. The molecular weight excluding hydrogens is 274 g/mol. The molecule has 1 aliphatic heterocycles. The van der Waals surface area contributed by atoms with Gasteiger partial charge in [-0.1, -0.05) is 6.92 Å². The molecule has 0 spiro atoms. The molecule has 3 amide bonds. The molecule has 1 aliphatic rings. The van der Waals surface area contributed by atoms with Crippen molar-refractivity contribution in [2.45, 2.75) is 39.0 Å². The van der Waals surface area contributed by atoms with E-state index < -0.39 is 5.97 Å². The van der Waals surface area contributed by atoms with Crippen molar-refractivity contribution in [3.63, 3.8) is 0 Å². The second kappa shape index (κ2) is 9.20. The summed E-state index contributed by atoms with van der Waals surface area (Å²) in [6.45, 7) is 4.11. The molecule has 0 aliphatic carbocycles. The van der Waals surface area contributed by atoms with Gasteiger partial charge in [0.1, 0.15) is 0 Å². The van der Waals surface area contributed by atoms with Crippen LogP contribution in [0.4, 0.5) is 4.79 Å². The lowest BCUT2D eigenvalue weighted by Gasteiger charge is -2.31. The number of carbonyl (C=O) groups excluding carboxylic acids is 2. The van der Waals surface area contributed by atoms with E-state index in [4.69, 9.17) is 5.11 Å². The summed E-state index contributed by atoms with van der Waals surface area (Å²) < 4.78 is 0. The summed E-state index contributed by atoms with van der Waals surface area (Å²) in [4.78, 5) is 35.6. The zero-order valence-corrected chi connectivity index (χ0v) is 12.6. The van der Waals surface area contributed by atoms with E-state index in [1.54, 1.807) is 4.90 Å². The van der Waals surface area contributed by atoms with E-state index in [1.807, 2.05) is 6.92 Å². The number of hydrogen-bond donors (Lipinski definition) is 3. The third kappa shape index (κ3) is 6.97. The molecule has 0 radical (unpaired) electrons. The van der Waals surface area contributed by atoms with Crippen LogP contribution in [0.25, 0.3) is 0 Å². The lowest BCUT2D eigenvalue weighted by molar-refractivity contribution is -0.138. The Balaban J connectivity index is 2.16. The van der Waals surface area contributed by atoms with Gasteiger partial charge in [-0.25, -0.2) is 4.79 Å². The lowest BCUT2D eigenvalue weighted by atomic mass is 9.94. The first kappa shape index (κ1) is 17.3. The topological polar surface area (TPSA) is 98.7 Å². The number of urea groups is 1. The van der Waals surface area contributed by atoms with Crippen molar-refractivity contribution in [3.05, 3.63) is 0 Å². The highest BCUT2D eigenvalue weighted by Gasteiger charge is 2.24. The molecule has 7 nitrogen and oxygen atoms in total. The van der Waals surface area contributed by atoms with Crippen molar-refractivity contribution in [2.24, 2.45) is 5.92 Å². The van der Waals surface area contributed by atoms with E-state index in [0.717, 1.165) is 19.3 Å². The molecule has 0 aromatic heterocycles. The zero-order chi connectivity index (χ0) is 15.7. The Bertz CT molecular complexity index is 365. The maximum Gasteiger partial charge on any atom is 0.317 e. The van der Waals surface area contributed by atoms with Crippen LogP contribution in [0.1, 0.15) is 39.0 Å². The van der Waals surface area contributed by atoms with E-state index in [1.165, 1.54) is 0 Å². The average Bonchev–Trinajstić information content (AvgIpc) is 2.45. The summed E-state index contributed by atoms with van der Waals surface area (Å²) >= 11 is 0. The van der Waals surface area contributed by atoms with E-state index in [9.17, 15) is 14.4 Å². The van der Waals surface area contributed by atoms with Gasteiger partial charge in [-0.15, -0.1) is 0 Å². The number of rotatable bonds is 7. The third-order valence-corrected chi connectivity index (χ3v) is 3.57. The normalized spacial score (nSPS) is 15.6. The van der Waals surface area contributed by atoms with Crippen molar-refractivity contribution in [3.8, 4) is 0 Å². The van der Waals surface area contributed by atoms with Crippen LogP contribution >= 0.6 is 0 Å². The fourth-order valence-electron chi connectivity index (χ4n) is 2.33. The van der Waals surface area contributed by atoms with Gasteiger partial charge in [0.05, 0.1) is 0 Å². The largest absolute Gasteiger partial charge is 0.481 e. The van der Waals surface area contributed by atoms with Crippen molar-refractivity contribution in [1.29, 1.82) is 0 Å². The standard InChI is InChI=1S/C14H25N3O4/c1-2-6-15-12(18)3-7-16-14(21)17-8-4-11(5-9-17)10-13(19)20/h11H,2-10H2,1H3,(H,15,18)(H,16,21)(H,19,20). The Morgan fingerprint density at radius 3 is 2.38 bits per heavy atom. The van der Waals surface area contributed by atoms with Gasteiger partial charge in [0.2, 0.25) is 5.91 Å². The van der Waals surface area contributed by atoms with Gasteiger partial charge < -0.3 is 20.6 Å². The number of nitrogens with zero attached hydrogens (tertiary/aromatic N) is 1. The molecule has 0 aromatic rings. The highest BCUT2D eigenvalue weighted by Crippen LogP contribution is 2.20. The number of amides is 3. The minimum atomic E-state index is -0.781. The lowest BCUT2D eigenvalue weighted by Crippen LogP contribution is -2.45. The molecular formula is C14H25N3O4. The van der Waals surface area contributed by atoms with E-state index in [-0.39, 0.29) is 30.7 Å². The van der Waals surface area contributed by atoms with Crippen LogP contribution in [0, 0.1) is 5.92 Å². The van der Waals surface area contributed by atoms with E-state index in [2.05, 4.69) is 10.6 Å². The van der Waals surface area contributed by atoms with Crippen molar-refractivity contribution < 1.29 is 19.5 Å². The first-order chi connectivity index (χ1) is 10.0. The summed E-state index contributed by atoms with van der Waals surface area (Å²) in [7, 11) is 0. The average molecular weight is 299 g/mol. The summed E-state index contributed by atoms with van der Waals surface area (Å²) in [5.74, 6) is -0.681. The Kier molecular flexibility index (Phi) is 7.56. The predicted molar refractivity (Wildman–Crippen MR) is 77.9 cm³/mol. The van der Waals surface area contributed by atoms with Gasteiger partial charge in [0, 0.05) is 39.0 Å². The Morgan fingerprint density at radius 1 is 1.14 bits per heavy atom. The third-order valence-electron chi connectivity index (χ3n) is 3.57. The first-order valence-corrected chi connectivity index (χ1v) is 7.54.